The van der Waals surface area contributed by atoms with Crippen LogP contribution in [0.25, 0.3) is 0 Å². The number of amides is 1. The summed E-state index contributed by atoms with van der Waals surface area (Å²) in [5, 5.41) is 2.55. The summed E-state index contributed by atoms with van der Waals surface area (Å²) in [4.78, 5) is 41.0. The molecule has 2 aromatic rings. The number of carbonyl (C=O) groups excluding carboxylic acids is 2. The number of hydrogen-bond donors (Lipinski definition) is 1. The van der Waals surface area contributed by atoms with E-state index in [9.17, 15) is 14.4 Å². The average Bonchev–Trinajstić information content (AvgIpc) is 2.59. The van der Waals surface area contributed by atoms with E-state index in [1.165, 1.54) is 10.8 Å². The highest BCUT2D eigenvalue weighted by molar-refractivity contribution is 6.04. The van der Waals surface area contributed by atoms with Crippen molar-refractivity contribution < 1.29 is 14.3 Å². The van der Waals surface area contributed by atoms with Crippen molar-refractivity contribution in [2.24, 2.45) is 5.92 Å². The Morgan fingerprint density at radius 2 is 1.92 bits per heavy atom. The van der Waals surface area contributed by atoms with Gasteiger partial charge < -0.3 is 10.1 Å². The van der Waals surface area contributed by atoms with Crippen LogP contribution in [0.15, 0.2) is 41.3 Å². The van der Waals surface area contributed by atoms with Gasteiger partial charge in [0.25, 0.3) is 11.5 Å². The number of rotatable bonds is 6. The molecule has 132 valence electrons. The predicted molar refractivity (Wildman–Crippen MR) is 93.7 cm³/mol. The molecular weight excluding hydrogens is 322 g/mol. The first-order chi connectivity index (χ1) is 11.9. The standard InChI is InChI=1S/C18H21N3O4/c1-4-25-18(24)15-19-10-14(17(23)21(15)11-12(2)3)20-16(22)13-8-6-5-7-9-13/h5-10,12H,4,11H2,1-3H3,(H,20,22). The van der Waals surface area contributed by atoms with Crippen molar-refractivity contribution in [1.29, 1.82) is 0 Å². The molecule has 0 aliphatic heterocycles. The number of carbonyl (C=O) groups is 2. The predicted octanol–water partition coefficient (Wildman–Crippen LogP) is 2.33. The van der Waals surface area contributed by atoms with Gasteiger partial charge in [-0.3, -0.25) is 14.2 Å². The fourth-order valence-electron chi connectivity index (χ4n) is 2.26. The fraction of sp³-hybridized carbons (Fsp3) is 0.333. The summed E-state index contributed by atoms with van der Waals surface area (Å²) in [6.07, 6.45) is 1.19. The minimum Gasteiger partial charge on any atom is -0.460 e. The van der Waals surface area contributed by atoms with Gasteiger partial charge >= 0.3 is 5.97 Å². The van der Waals surface area contributed by atoms with Crippen LogP contribution in [0.4, 0.5) is 5.69 Å². The van der Waals surface area contributed by atoms with Gasteiger partial charge in [0, 0.05) is 12.1 Å². The van der Waals surface area contributed by atoms with E-state index in [0.29, 0.717) is 5.56 Å². The lowest BCUT2D eigenvalue weighted by Crippen LogP contribution is -2.32. The average molecular weight is 343 g/mol. The molecule has 0 radical (unpaired) electrons. The molecule has 1 amide bonds. The molecule has 2 rings (SSSR count). The van der Waals surface area contributed by atoms with Crippen molar-refractivity contribution in [3.05, 3.63) is 58.3 Å². The highest BCUT2D eigenvalue weighted by Gasteiger charge is 2.19. The van der Waals surface area contributed by atoms with E-state index in [0.717, 1.165) is 0 Å². The lowest BCUT2D eigenvalue weighted by Gasteiger charge is -2.14. The van der Waals surface area contributed by atoms with Crippen molar-refractivity contribution in [3.8, 4) is 0 Å². The Kier molecular flexibility index (Phi) is 6.05. The topological polar surface area (TPSA) is 90.3 Å². The summed E-state index contributed by atoms with van der Waals surface area (Å²) in [5.74, 6) is -1.05. The van der Waals surface area contributed by atoms with Gasteiger partial charge in [0.15, 0.2) is 0 Å². The van der Waals surface area contributed by atoms with Crippen LogP contribution < -0.4 is 10.9 Å². The molecule has 0 atom stereocenters. The van der Waals surface area contributed by atoms with Gasteiger partial charge in [-0.2, -0.15) is 0 Å². The highest BCUT2D eigenvalue weighted by atomic mass is 16.5. The molecule has 0 spiro atoms. The second kappa shape index (κ2) is 8.23. The normalized spacial score (nSPS) is 10.6. The van der Waals surface area contributed by atoms with Crippen LogP contribution in [0, 0.1) is 5.92 Å². The molecule has 1 aromatic heterocycles. The number of aromatic nitrogens is 2. The van der Waals surface area contributed by atoms with Crippen molar-refractivity contribution in [1.82, 2.24) is 9.55 Å². The van der Waals surface area contributed by atoms with Crippen LogP contribution in [-0.4, -0.2) is 28.0 Å². The van der Waals surface area contributed by atoms with Gasteiger partial charge in [-0.25, -0.2) is 9.78 Å². The van der Waals surface area contributed by atoms with Gasteiger partial charge in [0.2, 0.25) is 5.82 Å². The first-order valence-corrected chi connectivity index (χ1v) is 8.07. The summed E-state index contributed by atoms with van der Waals surface area (Å²) >= 11 is 0. The van der Waals surface area contributed by atoms with E-state index in [1.54, 1.807) is 37.3 Å². The van der Waals surface area contributed by atoms with Crippen molar-refractivity contribution >= 4 is 17.6 Å². The Morgan fingerprint density at radius 3 is 2.52 bits per heavy atom. The third-order valence-electron chi connectivity index (χ3n) is 3.34. The Hall–Kier alpha value is -2.96. The number of nitrogens with one attached hydrogen (secondary N) is 1. The molecule has 7 heteroatoms. The molecule has 0 fully saturated rings. The van der Waals surface area contributed by atoms with Crippen LogP contribution in [0.3, 0.4) is 0 Å². The van der Waals surface area contributed by atoms with E-state index >= 15 is 0 Å². The van der Waals surface area contributed by atoms with Crippen molar-refractivity contribution in [2.75, 3.05) is 11.9 Å². The van der Waals surface area contributed by atoms with Crippen LogP contribution in [0.1, 0.15) is 41.7 Å². The molecule has 0 saturated carbocycles. The van der Waals surface area contributed by atoms with Crippen LogP contribution in [0.2, 0.25) is 0 Å². The Labute approximate surface area is 145 Å². The number of ether oxygens (including phenoxy) is 1. The minimum absolute atomic E-state index is 0.0163. The SMILES string of the molecule is CCOC(=O)c1ncc(NC(=O)c2ccccc2)c(=O)n1CC(C)C. The highest BCUT2D eigenvalue weighted by Crippen LogP contribution is 2.08. The van der Waals surface area contributed by atoms with Crippen LogP contribution in [-0.2, 0) is 11.3 Å². The monoisotopic (exact) mass is 343 g/mol. The van der Waals surface area contributed by atoms with E-state index in [1.807, 2.05) is 13.8 Å². The summed E-state index contributed by atoms with van der Waals surface area (Å²) in [7, 11) is 0. The van der Waals surface area contributed by atoms with Gasteiger partial charge in [-0.15, -0.1) is 0 Å². The molecule has 0 bridgehead atoms. The fourth-order valence-corrected chi connectivity index (χ4v) is 2.26. The Bertz CT molecular complexity index is 813. The molecule has 1 aromatic carbocycles. The maximum Gasteiger partial charge on any atom is 0.374 e. The first-order valence-electron chi connectivity index (χ1n) is 8.07. The molecule has 25 heavy (non-hydrogen) atoms. The maximum absolute atomic E-state index is 12.7. The van der Waals surface area contributed by atoms with Crippen LogP contribution in [0.5, 0.6) is 0 Å². The van der Waals surface area contributed by atoms with Crippen molar-refractivity contribution in [2.45, 2.75) is 27.3 Å². The van der Waals surface area contributed by atoms with E-state index < -0.39 is 17.4 Å². The number of esters is 1. The Balaban J connectivity index is 2.38. The lowest BCUT2D eigenvalue weighted by atomic mass is 10.2. The van der Waals surface area contributed by atoms with Crippen molar-refractivity contribution in [3.63, 3.8) is 0 Å². The smallest absolute Gasteiger partial charge is 0.374 e. The zero-order valence-electron chi connectivity index (χ0n) is 14.5. The lowest BCUT2D eigenvalue weighted by molar-refractivity contribution is 0.0502. The number of anilines is 1. The summed E-state index contributed by atoms with van der Waals surface area (Å²) < 4.78 is 6.19. The summed E-state index contributed by atoms with van der Waals surface area (Å²) in [6.45, 7) is 5.97. The zero-order chi connectivity index (χ0) is 18.4. The van der Waals surface area contributed by atoms with Gasteiger partial charge in [-0.1, -0.05) is 32.0 Å². The second-order valence-electron chi connectivity index (χ2n) is 5.85. The summed E-state index contributed by atoms with van der Waals surface area (Å²) in [5.41, 5.74) is -0.0506. The number of hydrogen-bond acceptors (Lipinski definition) is 5. The number of nitrogens with zero attached hydrogens (tertiary/aromatic N) is 2. The van der Waals surface area contributed by atoms with E-state index in [2.05, 4.69) is 10.3 Å². The maximum atomic E-state index is 12.7. The third-order valence-corrected chi connectivity index (χ3v) is 3.34. The molecule has 7 nitrogen and oxygen atoms in total. The van der Waals surface area contributed by atoms with E-state index in [-0.39, 0.29) is 30.6 Å². The molecule has 0 unspecified atom stereocenters. The molecule has 0 aliphatic carbocycles. The molecule has 1 N–H and O–H groups in total. The van der Waals surface area contributed by atoms with Gasteiger partial charge in [0.1, 0.15) is 5.69 Å². The largest absolute Gasteiger partial charge is 0.460 e. The molecule has 0 aliphatic rings. The van der Waals surface area contributed by atoms with E-state index in [4.69, 9.17) is 4.74 Å². The van der Waals surface area contributed by atoms with Gasteiger partial charge in [-0.05, 0) is 25.0 Å². The first kappa shape index (κ1) is 18.4. The summed E-state index contributed by atoms with van der Waals surface area (Å²) in [6, 6.07) is 8.54. The molecule has 0 saturated heterocycles. The number of benzene rings is 1. The molecule has 1 heterocycles. The second-order valence-corrected chi connectivity index (χ2v) is 5.85. The van der Waals surface area contributed by atoms with Crippen LogP contribution >= 0.6 is 0 Å². The zero-order valence-corrected chi connectivity index (χ0v) is 14.5. The minimum atomic E-state index is -0.666. The molecular formula is C18H21N3O4. The Morgan fingerprint density at radius 1 is 1.24 bits per heavy atom. The van der Waals surface area contributed by atoms with Gasteiger partial charge in [0.05, 0.1) is 12.8 Å². The quantitative estimate of drug-likeness (QED) is 0.813. The third kappa shape index (κ3) is 4.53.